The third-order valence-corrected chi connectivity index (χ3v) is 5.81. The molecular weight excluding hydrogens is 505 g/mol. The van der Waals surface area contributed by atoms with Gasteiger partial charge in [0.1, 0.15) is 24.7 Å². The van der Waals surface area contributed by atoms with Crippen LogP contribution in [-0.4, -0.2) is 19.0 Å². The lowest BCUT2D eigenvalue weighted by Gasteiger charge is -2.13. The van der Waals surface area contributed by atoms with E-state index in [9.17, 15) is 9.59 Å². The van der Waals surface area contributed by atoms with Gasteiger partial charge in [-0.25, -0.2) is 4.79 Å². The maximum atomic E-state index is 13.0. The standard InChI is InChI=1S/C27H21Cl2NO6/c1-33-27(32)24-10-11-25(36-24)30-26(31)19-12-20(34-15-17-6-2-4-8-22(17)28)14-21(13-19)35-16-18-7-3-5-9-23(18)29/h2-14H,15-16H2,1H3,(H,30,31). The minimum Gasteiger partial charge on any atom is -0.489 e. The lowest BCUT2D eigenvalue weighted by molar-refractivity contribution is 0.0565. The highest BCUT2D eigenvalue weighted by Crippen LogP contribution is 2.27. The van der Waals surface area contributed by atoms with E-state index in [2.05, 4.69) is 10.1 Å². The Hall–Kier alpha value is -3.94. The van der Waals surface area contributed by atoms with Crippen LogP contribution in [0.3, 0.4) is 0 Å². The third-order valence-electron chi connectivity index (χ3n) is 5.08. The molecule has 0 radical (unpaired) electrons. The Kier molecular flexibility index (Phi) is 8.15. The van der Waals surface area contributed by atoms with Crippen molar-refractivity contribution < 1.29 is 28.2 Å². The second kappa shape index (κ2) is 11.7. The quantitative estimate of drug-likeness (QED) is 0.242. The molecule has 0 saturated heterocycles. The van der Waals surface area contributed by atoms with Crippen LogP contribution in [0.1, 0.15) is 32.0 Å². The zero-order valence-electron chi connectivity index (χ0n) is 19.1. The van der Waals surface area contributed by atoms with Gasteiger partial charge in [-0.1, -0.05) is 59.6 Å². The molecule has 0 aliphatic carbocycles. The SMILES string of the molecule is COC(=O)c1ccc(NC(=O)c2cc(OCc3ccccc3Cl)cc(OCc3ccccc3Cl)c2)o1. The largest absolute Gasteiger partial charge is 0.489 e. The predicted octanol–water partition coefficient (Wildman–Crippen LogP) is 6.78. The number of methoxy groups -OCH3 is 1. The highest BCUT2D eigenvalue weighted by Gasteiger charge is 2.16. The molecule has 3 aromatic carbocycles. The molecule has 1 aromatic heterocycles. The molecule has 7 nitrogen and oxygen atoms in total. The van der Waals surface area contributed by atoms with Crippen molar-refractivity contribution in [3.05, 3.63) is 111 Å². The number of hydrogen-bond donors (Lipinski definition) is 1. The molecule has 0 bridgehead atoms. The van der Waals surface area contributed by atoms with E-state index in [1.807, 2.05) is 36.4 Å². The van der Waals surface area contributed by atoms with Crippen LogP contribution in [0.25, 0.3) is 0 Å². The molecule has 1 heterocycles. The molecule has 184 valence electrons. The highest BCUT2D eigenvalue weighted by molar-refractivity contribution is 6.31. The molecule has 4 rings (SSSR count). The molecule has 0 atom stereocenters. The molecule has 0 unspecified atom stereocenters. The average molecular weight is 526 g/mol. The van der Waals surface area contributed by atoms with E-state index in [1.54, 1.807) is 30.3 Å². The minimum atomic E-state index is -0.652. The van der Waals surface area contributed by atoms with Gasteiger partial charge in [0.25, 0.3) is 5.91 Å². The topological polar surface area (TPSA) is 87.0 Å². The first kappa shape index (κ1) is 25.2. The molecule has 0 spiro atoms. The first-order chi connectivity index (χ1) is 17.4. The zero-order valence-corrected chi connectivity index (χ0v) is 20.6. The summed E-state index contributed by atoms with van der Waals surface area (Å²) < 4.78 is 21.8. The van der Waals surface area contributed by atoms with Crippen molar-refractivity contribution in [1.29, 1.82) is 0 Å². The van der Waals surface area contributed by atoms with Crippen LogP contribution in [0, 0.1) is 0 Å². The van der Waals surface area contributed by atoms with E-state index in [0.717, 1.165) is 11.1 Å². The average Bonchev–Trinajstić information content (AvgIpc) is 3.35. The summed E-state index contributed by atoms with van der Waals surface area (Å²) in [5.41, 5.74) is 1.83. The monoisotopic (exact) mass is 525 g/mol. The maximum absolute atomic E-state index is 13.0. The predicted molar refractivity (Wildman–Crippen MR) is 136 cm³/mol. The molecule has 0 aliphatic heterocycles. The van der Waals surface area contributed by atoms with Crippen molar-refractivity contribution in [3.63, 3.8) is 0 Å². The van der Waals surface area contributed by atoms with Crippen LogP contribution >= 0.6 is 23.2 Å². The van der Waals surface area contributed by atoms with Crippen LogP contribution in [-0.2, 0) is 18.0 Å². The van der Waals surface area contributed by atoms with Crippen LogP contribution in [0.15, 0.2) is 83.3 Å². The fourth-order valence-corrected chi connectivity index (χ4v) is 3.60. The van der Waals surface area contributed by atoms with Gasteiger partial charge < -0.3 is 18.6 Å². The fourth-order valence-electron chi connectivity index (χ4n) is 3.22. The Labute approximate surface area is 217 Å². The number of carbonyl (C=O) groups excluding carboxylic acids is 2. The van der Waals surface area contributed by atoms with Gasteiger partial charge in [-0.15, -0.1) is 0 Å². The number of anilines is 1. The molecule has 0 saturated carbocycles. The van der Waals surface area contributed by atoms with Crippen molar-refractivity contribution in [2.45, 2.75) is 13.2 Å². The van der Waals surface area contributed by atoms with Crippen molar-refractivity contribution >= 4 is 41.0 Å². The molecule has 9 heteroatoms. The van der Waals surface area contributed by atoms with E-state index in [1.165, 1.54) is 19.2 Å². The lowest BCUT2D eigenvalue weighted by Crippen LogP contribution is -2.12. The Bertz CT molecular complexity index is 1320. The Morgan fingerprint density at radius 3 is 1.89 bits per heavy atom. The van der Waals surface area contributed by atoms with E-state index < -0.39 is 11.9 Å². The first-order valence-corrected chi connectivity index (χ1v) is 11.6. The van der Waals surface area contributed by atoms with Gasteiger partial charge in [-0.05, 0) is 30.3 Å². The Balaban J connectivity index is 1.56. The van der Waals surface area contributed by atoms with Gasteiger partial charge in [0.05, 0.1) is 7.11 Å². The highest BCUT2D eigenvalue weighted by atomic mass is 35.5. The van der Waals surface area contributed by atoms with Crippen molar-refractivity contribution in [3.8, 4) is 11.5 Å². The number of ether oxygens (including phenoxy) is 3. The molecule has 0 aliphatic rings. The van der Waals surface area contributed by atoms with Gasteiger partial charge >= 0.3 is 5.97 Å². The van der Waals surface area contributed by atoms with Gasteiger partial charge in [0.15, 0.2) is 0 Å². The van der Waals surface area contributed by atoms with Crippen molar-refractivity contribution in [1.82, 2.24) is 0 Å². The third kappa shape index (κ3) is 6.38. The normalized spacial score (nSPS) is 10.5. The summed E-state index contributed by atoms with van der Waals surface area (Å²) in [7, 11) is 1.24. The number of benzene rings is 3. The van der Waals surface area contributed by atoms with Gasteiger partial charge in [0.2, 0.25) is 11.6 Å². The zero-order chi connectivity index (χ0) is 25.5. The summed E-state index contributed by atoms with van der Waals surface area (Å²) in [5, 5.41) is 3.75. The molecule has 1 N–H and O–H groups in total. The first-order valence-electron chi connectivity index (χ1n) is 10.8. The van der Waals surface area contributed by atoms with Crippen molar-refractivity contribution in [2.75, 3.05) is 12.4 Å². The summed E-state index contributed by atoms with van der Waals surface area (Å²) in [6.45, 7) is 0.380. The maximum Gasteiger partial charge on any atom is 0.374 e. The molecule has 4 aromatic rings. The van der Waals surface area contributed by atoms with Gasteiger partial charge in [0, 0.05) is 38.9 Å². The van der Waals surface area contributed by atoms with E-state index >= 15 is 0 Å². The number of halogens is 2. The van der Waals surface area contributed by atoms with E-state index in [0.29, 0.717) is 21.5 Å². The summed E-state index contributed by atoms with van der Waals surface area (Å²) in [6.07, 6.45) is 0. The number of esters is 1. The molecule has 36 heavy (non-hydrogen) atoms. The summed E-state index contributed by atoms with van der Waals surface area (Å²) in [4.78, 5) is 24.6. The minimum absolute atomic E-state index is 0.0339. The number of furan rings is 1. The van der Waals surface area contributed by atoms with E-state index in [-0.39, 0.29) is 30.4 Å². The molecular formula is C27H21Cl2NO6. The number of amides is 1. The van der Waals surface area contributed by atoms with Crippen LogP contribution < -0.4 is 14.8 Å². The second-order valence-electron chi connectivity index (χ2n) is 7.56. The number of hydrogen-bond acceptors (Lipinski definition) is 6. The Morgan fingerprint density at radius 2 is 1.36 bits per heavy atom. The summed E-state index contributed by atoms with van der Waals surface area (Å²) in [6, 6.07) is 22.3. The van der Waals surface area contributed by atoms with Gasteiger partial charge in [-0.2, -0.15) is 0 Å². The molecule has 1 amide bonds. The lowest BCUT2D eigenvalue weighted by atomic mass is 10.1. The van der Waals surface area contributed by atoms with Crippen LogP contribution in [0.4, 0.5) is 5.88 Å². The smallest absolute Gasteiger partial charge is 0.374 e. The van der Waals surface area contributed by atoms with E-state index in [4.69, 9.17) is 37.1 Å². The molecule has 0 fully saturated rings. The summed E-state index contributed by atoms with van der Waals surface area (Å²) >= 11 is 12.5. The fraction of sp³-hybridized carbons (Fsp3) is 0.111. The van der Waals surface area contributed by atoms with Crippen LogP contribution in [0.5, 0.6) is 11.5 Å². The number of nitrogens with one attached hydrogen (secondary N) is 1. The van der Waals surface area contributed by atoms with Crippen LogP contribution in [0.2, 0.25) is 10.0 Å². The summed E-state index contributed by atoms with van der Waals surface area (Å²) in [5.74, 6) is -0.306. The van der Waals surface area contributed by atoms with Crippen molar-refractivity contribution in [2.24, 2.45) is 0 Å². The second-order valence-corrected chi connectivity index (χ2v) is 8.38. The number of rotatable bonds is 9. The Morgan fingerprint density at radius 1 is 0.806 bits per heavy atom. The van der Waals surface area contributed by atoms with Gasteiger partial charge in [-0.3, -0.25) is 10.1 Å². The number of carbonyl (C=O) groups is 2.